The Labute approximate surface area is 92.3 Å². The van der Waals surface area contributed by atoms with E-state index in [1.165, 1.54) is 0 Å². The van der Waals surface area contributed by atoms with E-state index >= 15 is 0 Å². The van der Waals surface area contributed by atoms with Crippen molar-refractivity contribution in [2.75, 3.05) is 20.6 Å². The Morgan fingerprint density at radius 2 is 1.93 bits per heavy atom. The number of nitrogens with zero attached hydrogens (tertiary/aromatic N) is 1. The van der Waals surface area contributed by atoms with Gasteiger partial charge < -0.3 is 4.84 Å². The minimum Gasteiger partial charge on any atom is -0.316 e. The molecule has 0 fully saturated rings. The molecule has 0 heterocycles. The summed E-state index contributed by atoms with van der Waals surface area (Å²) in [4.78, 5) is 5.85. The molecule has 82 valence electrons. The summed E-state index contributed by atoms with van der Waals surface area (Å²) < 4.78 is 0.553. The van der Waals surface area contributed by atoms with Crippen LogP contribution in [0.25, 0.3) is 0 Å². The van der Waals surface area contributed by atoms with Crippen LogP contribution in [0.2, 0.25) is 0 Å². The molecule has 15 heavy (non-hydrogen) atoms. The summed E-state index contributed by atoms with van der Waals surface area (Å²) in [5.74, 6) is 0.918. The molecule has 0 atom stereocenters. The number of hydroxylamine groups is 3. The number of allylic oxidation sites excluding steroid dienone is 1. The molecule has 1 aromatic carbocycles. The second kappa shape index (κ2) is 5.56. The Hall–Kier alpha value is -1.28. The molecule has 0 aliphatic carbocycles. The van der Waals surface area contributed by atoms with Crippen LogP contribution < -0.4 is 4.84 Å². The van der Waals surface area contributed by atoms with Crippen molar-refractivity contribution in [2.24, 2.45) is 0 Å². The van der Waals surface area contributed by atoms with Gasteiger partial charge >= 0.3 is 0 Å². The standard InChI is InChI=1S/C13H20NO/c1-4-5-9-12-14(2,3)15-13-10-7-6-8-11-13/h4,6-8,10-11H,1,5,9,12H2,2-3H3/q+1. The number of quaternary nitrogens is 1. The van der Waals surface area contributed by atoms with Crippen LogP contribution in [0.4, 0.5) is 0 Å². The average Bonchev–Trinajstić information content (AvgIpc) is 2.18. The molecule has 0 aliphatic rings. The fourth-order valence-corrected chi connectivity index (χ4v) is 1.43. The summed E-state index contributed by atoms with van der Waals surface area (Å²) in [6, 6.07) is 9.92. The summed E-state index contributed by atoms with van der Waals surface area (Å²) >= 11 is 0. The molecule has 0 unspecified atom stereocenters. The Balaban J connectivity index is 2.45. The first kappa shape index (κ1) is 11.8. The minimum absolute atomic E-state index is 0.553. The largest absolute Gasteiger partial charge is 0.316 e. The zero-order valence-corrected chi connectivity index (χ0v) is 9.65. The quantitative estimate of drug-likeness (QED) is 0.301. The van der Waals surface area contributed by atoms with Crippen LogP contribution in [0.15, 0.2) is 43.0 Å². The fourth-order valence-electron chi connectivity index (χ4n) is 1.43. The van der Waals surface area contributed by atoms with Gasteiger partial charge in [0.25, 0.3) is 0 Å². The molecule has 1 aromatic rings. The third-order valence-corrected chi connectivity index (χ3v) is 2.20. The van der Waals surface area contributed by atoms with Crippen molar-refractivity contribution in [3.63, 3.8) is 0 Å². The number of hydrogen-bond acceptors (Lipinski definition) is 1. The molecule has 0 N–H and O–H groups in total. The number of benzene rings is 1. The maximum Gasteiger partial charge on any atom is 0.190 e. The van der Waals surface area contributed by atoms with Crippen LogP contribution in [0.3, 0.4) is 0 Å². The summed E-state index contributed by atoms with van der Waals surface area (Å²) in [5, 5.41) is 0. The lowest BCUT2D eigenvalue weighted by molar-refractivity contribution is -1.05. The Morgan fingerprint density at radius 1 is 1.27 bits per heavy atom. The van der Waals surface area contributed by atoms with Crippen LogP contribution in [-0.2, 0) is 0 Å². The maximum absolute atomic E-state index is 5.85. The summed E-state index contributed by atoms with van der Waals surface area (Å²) in [6.45, 7) is 4.70. The highest BCUT2D eigenvalue weighted by atomic mass is 16.7. The molecule has 0 saturated heterocycles. The molecular formula is C13H20NO+. The van der Waals surface area contributed by atoms with Crippen molar-refractivity contribution >= 4 is 0 Å². The van der Waals surface area contributed by atoms with Gasteiger partial charge in [-0.05, 0) is 18.6 Å². The lowest BCUT2D eigenvalue weighted by atomic mass is 10.3. The topological polar surface area (TPSA) is 9.23 Å². The highest BCUT2D eigenvalue weighted by Gasteiger charge is 2.16. The predicted molar refractivity (Wildman–Crippen MR) is 63.5 cm³/mol. The molecule has 0 bridgehead atoms. The molecule has 0 aliphatic heterocycles. The van der Waals surface area contributed by atoms with E-state index in [4.69, 9.17) is 4.84 Å². The number of para-hydroxylation sites is 1. The van der Waals surface area contributed by atoms with Gasteiger partial charge in [0.15, 0.2) is 5.75 Å². The van der Waals surface area contributed by atoms with E-state index in [-0.39, 0.29) is 0 Å². The molecule has 0 radical (unpaired) electrons. The second-order valence-electron chi connectivity index (χ2n) is 4.13. The number of hydrogen-bond donors (Lipinski definition) is 0. The van der Waals surface area contributed by atoms with Crippen LogP contribution >= 0.6 is 0 Å². The van der Waals surface area contributed by atoms with Crippen molar-refractivity contribution in [3.05, 3.63) is 43.0 Å². The highest BCUT2D eigenvalue weighted by molar-refractivity contribution is 5.20. The molecule has 2 nitrogen and oxygen atoms in total. The lowest BCUT2D eigenvalue weighted by Crippen LogP contribution is -2.43. The summed E-state index contributed by atoms with van der Waals surface area (Å²) in [7, 11) is 4.13. The molecule has 2 heteroatoms. The van der Waals surface area contributed by atoms with E-state index in [0.717, 1.165) is 25.1 Å². The van der Waals surface area contributed by atoms with Crippen LogP contribution in [-0.4, -0.2) is 25.3 Å². The predicted octanol–water partition coefficient (Wildman–Crippen LogP) is 3.02. The fraction of sp³-hybridized carbons (Fsp3) is 0.385. The highest BCUT2D eigenvalue weighted by Crippen LogP contribution is 2.14. The molecule has 0 spiro atoms. The molecule has 0 aromatic heterocycles. The molecule has 0 saturated carbocycles. The van der Waals surface area contributed by atoms with Gasteiger partial charge in [-0.2, -0.15) is 0 Å². The van der Waals surface area contributed by atoms with Gasteiger partial charge in [-0.3, -0.25) is 0 Å². The SMILES string of the molecule is C=CCCC[N+](C)(C)Oc1ccccc1. The van der Waals surface area contributed by atoms with E-state index in [1.807, 2.05) is 36.4 Å². The van der Waals surface area contributed by atoms with Crippen molar-refractivity contribution in [1.82, 2.24) is 0 Å². The second-order valence-corrected chi connectivity index (χ2v) is 4.13. The Kier molecular flexibility index (Phi) is 4.37. The van der Waals surface area contributed by atoms with Gasteiger partial charge in [-0.25, -0.2) is 0 Å². The van der Waals surface area contributed by atoms with E-state index < -0.39 is 0 Å². The van der Waals surface area contributed by atoms with Gasteiger partial charge in [0.1, 0.15) is 20.6 Å². The minimum atomic E-state index is 0.553. The van der Waals surface area contributed by atoms with E-state index in [9.17, 15) is 0 Å². The lowest BCUT2D eigenvalue weighted by Gasteiger charge is -2.27. The van der Waals surface area contributed by atoms with Crippen LogP contribution in [0, 0.1) is 0 Å². The first-order valence-electron chi connectivity index (χ1n) is 5.32. The molecule has 0 amide bonds. The summed E-state index contributed by atoms with van der Waals surface area (Å²) in [6.07, 6.45) is 4.09. The third kappa shape index (κ3) is 4.66. The van der Waals surface area contributed by atoms with E-state index in [0.29, 0.717) is 4.65 Å². The zero-order chi connectivity index (χ0) is 11.1. The first-order valence-corrected chi connectivity index (χ1v) is 5.32. The van der Waals surface area contributed by atoms with Crippen LogP contribution in [0.5, 0.6) is 5.75 Å². The first-order chi connectivity index (χ1) is 7.14. The number of unbranched alkanes of at least 4 members (excludes halogenated alkanes) is 1. The van der Waals surface area contributed by atoms with E-state index in [2.05, 4.69) is 20.7 Å². The van der Waals surface area contributed by atoms with Crippen molar-refractivity contribution in [1.29, 1.82) is 0 Å². The Bertz CT molecular complexity index is 293. The zero-order valence-electron chi connectivity index (χ0n) is 9.65. The van der Waals surface area contributed by atoms with Gasteiger partial charge in [0, 0.05) is 6.42 Å². The van der Waals surface area contributed by atoms with Gasteiger partial charge in [-0.1, -0.05) is 24.3 Å². The Morgan fingerprint density at radius 3 is 2.53 bits per heavy atom. The average molecular weight is 206 g/mol. The third-order valence-electron chi connectivity index (χ3n) is 2.20. The van der Waals surface area contributed by atoms with Crippen molar-refractivity contribution in [2.45, 2.75) is 12.8 Å². The van der Waals surface area contributed by atoms with Gasteiger partial charge in [0.05, 0.1) is 0 Å². The molecular weight excluding hydrogens is 186 g/mol. The number of rotatable bonds is 6. The maximum atomic E-state index is 5.85. The normalized spacial score (nSPS) is 11.1. The van der Waals surface area contributed by atoms with Crippen molar-refractivity contribution in [3.8, 4) is 5.75 Å². The summed E-state index contributed by atoms with van der Waals surface area (Å²) in [5.41, 5.74) is 0. The van der Waals surface area contributed by atoms with Crippen molar-refractivity contribution < 1.29 is 9.48 Å². The van der Waals surface area contributed by atoms with Gasteiger partial charge in [0.2, 0.25) is 0 Å². The molecule has 1 rings (SSSR count). The van der Waals surface area contributed by atoms with Crippen LogP contribution in [0.1, 0.15) is 12.8 Å². The van der Waals surface area contributed by atoms with Gasteiger partial charge in [-0.15, -0.1) is 11.2 Å². The smallest absolute Gasteiger partial charge is 0.190 e. The monoisotopic (exact) mass is 206 g/mol. The van der Waals surface area contributed by atoms with E-state index in [1.54, 1.807) is 0 Å².